The van der Waals surface area contributed by atoms with Crippen molar-refractivity contribution in [2.75, 3.05) is 0 Å². The van der Waals surface area contributed by atoms with Crippen LogP contribution in [-0.2, 0) is 0 Å². The fraction of sp³-hybridized carbons (Fsp3) is 0.667. The highest BCUT2D eigenvalue weighted by atomic mass is 35.5. The molecule has 0 saturated heterocycles. The first-order chi connectivity index (χ1) is 10.1. The number of benzene rings is 1. The molecule has 0 aliphatic rings. The van der Waals surface area contributed by atoms with Gasteiger partial charge in [-0.05, 0) is 48.4 Å². The molecular formula is C18H33ClO2Si2. The maximum absolute atomic E-state index is 6.49. The molecule has 1 rings (SSSR count). The van der Waals surface area contributed by atoms with E-state index in [1.54, 1.807) is 0 Å². The lowest BCUT2D eigenvalue weighted by Gasteiger charge is -2.39. The Morgan fingerprint density at radius 1 is 0.783 bits per heavy atom. The van der Waals surface area contributed by atoms with Gasteiger partial charge in [0.05, 0.1) is 5.02 Å². The van der Waals surface area contributed by atoms with Crippen molar-refractivity contribution in [2.24, 2.45) is 0 Å². The molecule has 0 heterocycles. The van der Waals surface area contributed by atoms with E-state index < -0.39 is 16.6 Å². The fourth-order valence-corrected chi connectivity index (χ4v) is 3.82. The maximum atomic E-state index is 6.49. The van der Waals surface area contributed by atoms with E-state index in [4.69, 9.17) is 20.5 Å². The van der Waals surface area contributed by atoms with Crippen LogP contribution in [0.2, 0.25) is 41.3 Å². The average molecular weight is 373 g/mol. The molecule has 0 bridgehead atoms. The van der Waals surface area contributed by atoms with E-state index >= 15 is 0 Å². The molecule has 2 nitrogen and oxygen atoms in total. The lowest BCUT2D eigenvalue weighted by atomic mass is 10.2. The van der Waals surface area contributed by atoms with Gasteiger partial charge in [-0.25, -0.2) is 0 Å². The summed E-state index contributed by atoms with van der Waals surface area (Å²) < 4.78 is 13.0. The van der Waals surface area contributed by atoms with Gasteiger partial charge in [0, 0.05) is 0 Å². The van der Waals surface area contributed by atoms with Crippen molar-refractivity contribution in [2.45, 2.75) is 77.8 Å². The maximum Gasteiger partial charge on any atom is 0.250 e. The summed E-state index contributed by atoms with van der Waals surface area (Å²) in [5, 5.41) is 0.871. The third-order valence-corrected chi connectivity index (χ3v) is 14.2. The highest BCUT2D eigenvalue weighted by molar-refractivity contribution is 6.75. The standard InChI is InChI=1S/C18H33ClO2Si2/c1-17(2,3)22(7,8)20-15-13-11-12-14(19)16(15)21-23(9,10)18(4,5)6/h11-13H,1-10H3. The molecule has 0 fully saturated rings. The summed E-state index contributed by atoms with van der Waals surface area (Å²) in [4.78, 5) is 0. The van der Waals surface area contributed by atoms with Gasteiger partial charge in [-0.2, -0.15) is 0 Å². The van der Waals surface area contributed by atoms with Crippen molar-refractivity contribution in [1.82, 2.24) is 0 Å². The van der Waals surface area contributed by atoms with E-state index in [0.29, 0.717) is 10.8 Å². The Morgan fingerprint density at radius 2 is 1.22 bits per heavy atom. The predicted molar refractivity (Wildman–Crippen MR) is 107 cm³/mol. The lowest BCUT2D eigenvalue weighted by molar-refractivity contribution is 0.441. The average Bonchev–Trinajstić information content (AvgIpc) is 2.30. The van der Waals surface area contributed by atoms with E-state index in [2.05, 4.69) is 67.7 Å². The van der Waals surface area contributed by atoms with Gasteiger partial charge in [0.15, 0.2) is 5.75 Å². The molecule has 0 aliphatic heterocycles. The summed E-state index contributed by atoms with van der Waals surface area (Å²) >= 11 is 6.46. The molecule has 1 aromatic carbocycles. The van der Waals surface area contributed by atoms with Crippen molar-refractivity contribution >= 4 is 28.2 Å². The van der Waals surface area contributed by atoms with Gasteiger partial charge in [-0.15, -0.1) is 0 Å². The summed E-state index contributed by atoms with van der Waals surface area (Å²) in [6.07, 6.45) is 0. The molecule has 23 heavy (non-hydrogen) atoms. The molecule has 0 amide bonds. The molecule has 132 valence electrons. The molecule has 0 N–H and O–H groups in total. The second kappa shape index (κ2) is 6.45. The lowest BCUT2D eigenvalue weighted by Crippen LogP contribution is -2.45. The van der Waals surface area contributed by atoms with Crippen LogP contribution in [0.15, 0.2) is 18.2 Å². The van der Waals surface area contributed by atoms with E-state index in [-0.39, 0.29) is 10.1 Å². The van der Waals surface area contributed by atoms with Crippen molar-refractivity contribution in [3.63, 3.8) is 0 Å². The topological polar surface area (TPSA) is 18.5 Å². The molecule has 0 atom stereocenters. The summed E-state index contributed by atoms with van der Waals surface area (Å²) in [7, 11) is -3.92. The van der Waals surface area contributed by atoms with Gasteiger partial charge in [0.1, 0.15) is 5.75 Å². The van der Waals surface area contributed by atoms with Gasteiger partial charge < -0.3 is 8.85 Å². The highest BCUT2D eigenvalue weighted by Crippen LogP contribution is 2.45. The molecule has 0 unspecified atom stereocenters. The van der Waals surface area contributed by atoms with Crippen molar-refractivity contribution in [3.05, 3.63) is 23.2 Å². The normalized spacial score (nSPS) is 13.9. The van der Waals surface area contributed by atoms with Gasteiger partial charge in [-0.1, -0.05) is 59.2 Å². The van der Waals surface area contributed by atoms with Gasteiger partial charge in [0.2, 0.25) is 0 Å². The van der Waals surface area contributed by atoms with Crippen LogP contribution in [0.1, 0.15) is 41.5 Å². The largest absolute Gasteiger partial charge is 0.541 e. The summed E-state index contributed by atoms with van der Waals surface area (Å²) in [5.41, 5.74) is 0. The Morgan fingerprint density at radius 3 is 1.65 bits per heavy atom. The summed E-state index contributed by atoms with van der Waals surface area (Å²) in [6.45, 7) is 22.3. The molecule has 1 aromatic rings. The minimum atomic E-state index is -1.98. The second-order valence-electron chi connectivity index (χ2n) is 9.29. The van der Waals surface area contributed by atoms with Crippen LogP contribution in [0, 0.1) is 0 Å². The Bertz CT molecular complexity index is 555. The number of halogens is 1. The van der Waals surface area contributed by atoms with Crippen LogP contribution in [0.5, 0.6) is 11.5 Å². The Hall–Kier alpha value is -0.456. The smallest absolute Gasteiger partial charge is 0.250 e. The first kappa shape index (κ1) is 20.6. The zero-order valence-electron chi connectivity index (χ0n) is 16.4. The monoisotopic (exact) mass is 372 g/mol. The molecule has 5 heteroatoms. The van der Waals surface area contributed by atoms with Crippen LogP contribution in [0.3, 0.4) is 0 Å². The minimum absolute atomic E-state index is 0.112. The van der Waals surface area contributed by atoms with Crippen molar-refractivity contribution < 1.29 is 8.85 Å². The number of hydrogen-bond donors (Lipinski definition) is 0. The van der Waals surface area contributed by atoms with Crippen molar-refractivity contribution in [1.29, 1.82) is 0 Å². The Kier molecular flexibility index (Phi) is 5.77. The van der Waals surface area contributed by atoms with Crippen LogP contribution in [-0.4, -0.2) is 16.6 Å². The molecule has 0 aliphatic carbocycles. The van der Waals surface area contributed by atoms with Crippen LogP contribution in [0.4, 0.5) is 0 Å². The van der Waals surface area contributed by atoms with E-state index in [1.165, 1.54) is 0 Å². The van der Waals surface area contributed by atoms with Crippen molar-refractivity contribution in [3.8, 4) is 11.5 Å². The summed E-state index contributed by atoms with van der Waals surface area (Å²) in [6, 6.07) is 5.79. The highest BCUT2D eigenvalue weighted by Gasteiger charge is 2.42. The minimum Gasteiger partial charge on any atom is -0.541 e. The first-order valence-electron chi connectivity index (χ1n) is 8.25. The number of para-hydroxylation sites is 1. The Balaban J connectivity index is 3.26. The molecular weight excluding hydrogens is 340 g/mol. The molecule has 0 saturated carbocycles. The van der Waals surface area contributed by atoms with E-state index in [9.17, 15) is 0 Å². The van der Waals surface area contributed by atoms with E-state index in [1.807, 2.05) is 18.2 Å². The van der Waals surface area contributed by atoms with Crippen LogP contribution >= 0.6 is 11.6 Å². The van der Waals surface area contributed by atoms with Gasteiger partial charge in [0.25, 0.3) is 16.6 Å². The van der Waals surface area contributed by atoms with Gasteiger partial charge in [-0.3, -0.25) is 0 Å². The van der Waals surface area contributed by atoms with E-state index in [0.717, 1.165) is 5.75 Å². The summed E-state index contributed by atoms with van der Waals surface area (Å²) in [5.74, 6) is 1.50. The molecule has 0 aromatic heterocycles. The quantitative estimate of drug-likeness (QED) is 0.524. The van der Waals surface area contributed by atoms with Crippen LogP contribution < -0.4 is 8.85 Å². The third kappa shape index (κ3) is 4.77. The fourth-order valence-electron chi connectivity index (χ4n) is 1.50. The number of hydrogen-bond acceptors (Lipinski definition) is 2. The zero-order valence-corrected chi connectivity index (χ0v) is 19.2. The third-order valence-electron chi connectivity index (χ3n) is 5.27. The second-order valence-corrected chi connectivity index (χ2v) is 19.1. The SMILES string of the molecule is CC(C)(C)[Si](C)(C)Oc1cccc(Cl)c1O[Si](C)(C)C(C)(C)C. The molecule has 0 spiro atoms. The Labute approximate surface area is 149 Å². The predicted octanol–water partition coefficient (Wildman–Crippen LogP) is 7.11. The number of rotatable bonds is 4. The van der Waals surface area contributed by atoms with Crippen LogP contribution in [0.25, 0.3) is 0 Å². The molecule has 0 radical (unpaired) electrons. The zero-order chi connectivity index (χ0) is 18.3. The van der Waals surface area contributed by atoms with Gasteiger partial charge >= 0.3 is 0 Å². The first-order valence-corrected chi connectivity index (χ1v) is 14.4.